The van der Waals surface area contributed by atoms with Crippen molar-refractivity contribution in [3.05, 3.63) is 23.3 Å². The van der Waals surface area contributed by atoms with E-state index in [4.69, 9.17) is 15.0 Å². The van der Waals surface area contributed by atoms with Crippen molar-refractivity contribution in [2.75, 3.05) is 27.2 Å². The molecule has 3 unspecified atom stereocenters. The smallest absolute Gasteiger partial charge is 0.161 e. The van der Waals surface area contributed by atoms with Crippen LogP contribution in [0.2, 0.25) is 0 Å². The minimum atomic E-state index is -2.60. The van der Waals surface area contributed by atoms with E-state index in [1.807, 2.05) is 0 Å². The maximum absolute atomic E-state index is 10.7. The van der Waals surface area contributed by atoms with Gasteiger partial charge >= 0.3 is 0 Å². The molecule has 1 saturated heterocycles. The number of methoxy groups -OCH3 is 2. The predicted molar refractivity (Wildman–Crippen MR) is 91.1 cm³/mol. The topological polar surface area (TPSA) is 41.9 Å². The lowest BCUT2D eigenvalue weighted by atomic mass is 9.79. The van der Waals surface area contributed by atoms with Crippen molar-refractivity contribution in [1.82, 2.24) is 4.90 Å². The summed E-state index contributed by atoms with van der Waals surface area (Å²) >= 11 is 0. The standard InChI is InChI=1S/C19H29NO3/c1-12(2)7-14-11-20-6-5-13-8-18(22-3)19(23-4)9-15(13)16(20)10-17(14)21/h8-9,12,14,16-17,21H,5-7,10-11H2,1-4H3/i4D3,16D. The third kappa shape index (κ3) is 3.20. The van der Waals surface area contributed by atoms with E-state index in [0.29, 0.717) is 30.2 Å². The van der Waals surface area contributed by atoms with Gasteiger partial charge in [-0.1, -0.05) is 13.8 Å². The Morgan fingerprint density at radius 1 is 1.39 bits per heavy atom. The van der Waals surface area contributed by atoms with Crippen LogP contribution in [0.15, 0.2) is 12.1 Å². The lowest BCUT2D eigenvalue weighted by Crippen LogP contribution is -2.48. The fourth-order valence-corrected chi connectivity index (χ4v) is 3.92. The van der Waals surface area contributed by atoms with Crippen LogP contribution >= 0.6 is 0 Å². The van der Waals surface area contributed by atoms with Gasteiger partial charge in [-0.05, 0) is 54.4 Å². The van der Waals surface area contributed by atoms with E-state index < -0.39 is 19.2 Å². The Labute approximate surface area is 145 Å². The number of aliphatic hydroxyl groups excluding tert-OH is 1. The van der Waals surface area contributed by atoms with Crippen LogP contribution in [0.5, 0.6) is 11.5 Å². The maximum Gasteiger partial charge on any atom is 0.161 e. The molecule has 0 radical (unpaired) electrons. The highest BCUT2D eigenvalue weighted by Gasteiger charge is 2.38. The minimum Gasteiger partial charge on any atom is -0.493 e. The number of piperidine rings is 1. The number of fused-ring (bicyclic) bond motifs is 3. The number of hydrogen-bond donors (Lipinski definition) is 1. The molecule has 128 valence electrons. The van der Waals surface area contributed by atoms with Crippen LogP contribution in [0.3, 0.4) is 0 Å². The minimum absolute atomic E-state index is 0.114. The highest BCUT2D eigenvalue weighted by Crippen LogP contribution is 2.43. The molecule has 1 aromatic carbocycles. The van der Waals surface area contributed by atoms with Gasteiger partial charge in [-0.25, -0.2) is 0 Å². The van der Waals surface area contributed by atoms with Crippen LogP contribution in [0.1, 0.15) is 49.3 Å². The number of aliphatic hydroxyl groups is 1. The highest BCUT2D eigenvalue weighted by molar-refractivity contribution is 5.49. The Bertz CT molecular complexity index is 694. The molecule has 4 heteroatoms. The molecule has 0 bridgehead atoms. The summed E-state index contributed by atoms with van der Waals surface area (Å²) in [7, 11) is -1.12. The summed E-state index contributed by atoms with van der Waals surface area (Å²) in [4.78, 5) is 2.11. The van der Waals surface area contributed by atoms with Crippen molar-refractivity contribution in [1.29, 1.82) is 0 Å². The predicted octanol–water partition coefficient (Wildman–Crippen LogP) is 3.03. The second kappa shape index (κ2) is 6.70. The molecule has 2 aliphatic rings. The van der Waals surface area contributed by atoms with Gasteiger partial charge in [-0.3, -0.25) is 4.90 Å². The second-order valence-electron chi connectivity index (χ2n) is 7.07. The monoisotopic (exact) mass is 323 g/mol. The average Bonchev–Trinajstić information content (AvgIpc) is 2.54. The van der Waals surface area contributed by atoms with E-state index in [1.165, 1.54) is 7.11 Å². The maximum atomic E-state index is 10.7. The molecule has 2 heterocycles. The number of ether oxygens (including phenoxy) is 2. The first kappa shape index (κ1) is 12.2. The van der Waals surface area contributed by atoms with E-state index >= 15 is 0 Å². The molecule has 2 aliphatic heterocycles. The van der Waals surface area contributed by atoms with Crippen molar-refractivity contribution >= 4 is 0 Å². The zero-order chi connectivity index (χ0) is 20.0. The molecule has 1 fully saturated rings. The van der Waals surface area contributed by atoms with Gasteiger partial charge in [0.25, 0.3) is 0 Å². The van der Waals surface area contributed by atoms with Gasteiger partial charge < -0.3 is 14.6 Å². The fraction of sp³-hybridized carbons (Fsp3) is 0.684. The summed E-state index contributed by atoms with van der Waals surface area (Å²) in [6.07, 6.45) is 1.43. The molecule has 1 N–H and O–H groups in total. The van der Waals surface area contributed by atoms with Gasteiger partial charge in [0.2, 0.25) is 0 Å². The van der Waals surface area contributed by atoms with E-state index in [1.54, 1.807) is 12.1 Å². The number of benzene rings is 1. The summed E-state index contributed by atoms with van der Waals surface area (Å²) in [6.45, 7) is 5.70. The molecule has 1 aromatic rings. The molecule has 3 atom stereocenters. The Balaban J connectivity index is 1.97. The first-order valence-corrected chi connectivity index (χ1v) is 8.37. The Morgan fingerprint density at radius 2 is 2.17 bits per heavy atom. The third-order valence-electron chi connectivity index (χ3n) is 5.02. The molecule has 0 spiro atoms. The molecule has 23 heavy (non-hydrogen) atoms. The van der Waals surface area contributed by atoms with Gasteiger partial charge in [-0.2, -0.15) is 0 Å². The Kier molecular flexibility index (Phi) is 3.54. The van der Waals surface area contributed by atoms with Crippen molar-refractivity contribution in [3.63, 3.8) is 0 Å². The quantitative estimate of drug-likeness (QED) is 0.925. The molecular weight excluding hydrogens is 290 g/mol. The first-order valence-electron chi connectivity index (χ1n) is 10.4. The normalized spacial score (nSPS) is 33.8. The van der Waals surface area contributed by atoms with Gasteiger partial charge in [0.1, 0.15) is 0 Å². The van der Waals surface area contributed by atoms with Crippen LogP contribution in [0.4, 0.5) is 0 Å². The third-order valence-corrected chi connectivity index (χ3v) is 5.02. The summed E-state index contributed by atoms with van der Waals surface area (Å²) in [5, 5.41) is 10.7. The Hall–Kier alpha value is -1.26. The van der Waals surface area contributed by atoms with Crippen LogP contribution in [-0.2, 0) is 6.42 Å². The lowest BCUT2D eigenvalue weighted by Gasteiger charge is -2.46. The van der Waals surface area contributed by atoms with E-state index in [-0.39, 0.29) is 11.7 Å². The van der Waals surface area contributed by atoms with Crippen molar-refractivity contribution in [2.24, 2.45) is 11.8 Å². The Morgan fingerprint density at radius 3 is 2.87 bits per heavy atom. The zero-order valence-corrected chi connectivity index (χ0v) is 14.1. The van der Waals surface area contributed by atoms with Crippen molar-refractivity contribution < 1.29 is 20.1 Å². The van der Waals surface area contributed by atoms with Crippen LogP contribution < -0.4 is 9.47 Å². The molecule has 0 aromatic heterocycles. The van der Waals surface area contributed by atoms with Crippen molar-refractivity contribution in [3.8, 4) is 11.5 Å². The highest BCUT2D eigenvalue weighted by atomic mass is 16.5. The summed E-state index contributed by atoms with van der Waals surface area (Å²) in [5.41, 5.74) is 1.65. The van der Waals surface area contributed by atoms with E-state index in [9.17, 15) is 5.11 Å². The first-order chi connectivity index (χ1) is 12.5. The molecule has 4 nitrogen and oxygen atoms in total. The second-order valence-corrected chi connectivity index (χ2v) is 7.07. The molecule has 0 amide bonds. The molecular formula is C19H29NO3. The SMILES string of the molecule is [2H]C([2H])([2H])Oc1cc2c(cc1OC)CCN1CC(CC(C)C)C(O)CC21[2H]. The lowest BCUT2D eigenvalue weighted by molar-refractivity contribution is -0.0191. The summed E-state index contributed by atoms with van der Waals surface area (Å²) < 4.78 is 41.8. The van der Waals surface area contributed by atoms with Gasteiger partial charge in [0, 0.05) is 19.1 Å². The average molecular weight is 323 g/mol. The van der Waals surface area contributed by atoms with Gasteiger partial charge in [0.15, 0.2) is 11.5 Å². The number of rotatable bonds is 4. The van der Waals surface area contributed by atoms with Gasteiger partial charge in [0.05, 0.1) is 25.7 Å². The zero-order valence-electron chi connectivity index (χ0n) is 18.1. The van der Waals surface area contributed by atoms with E-state index in [0.717, 1.165) is 24.9 Å². The van der Waals surface area contributed by atoms with Crippen LogP contribution in [-0.4, -0.2) is 43.3 Å². The van der Waals surface area contributed by atoms with Crippen LogP contribution in [0.25, 0.3) is 0 Å². The van der Waals surface area contributed by atoms with Crippen molar-refractivity contribution in [2.45, 2.75) is 45.2 Å². The van der Waals surface area contributed by atoms with Crippen LogP contribution in [0, 0.1) is 11.8 Å². The number of hydrogen-bond acceptors (Lipinski definition) is 4. The fourth-order valence-electron chi connectivity index (χ4n) is 3.92. The largest absolute Gasteiger partial charge is 0.493 e. The van der Waals surface area contributed by atoms with Gasteiger partial charge in [-0.15, -0.1) is 0 Å². The summed E-state index contributed by atoms with van der Waals surface area (Å²) in [5.74, 6) is 1.12. The number of nitrogens with zero attached hydrogens (tertiary/aromatic N) is 1. The molecule has 3 rings (SSSR count). The summed E-state index contributed by atoms with van der Waals surface area (Å²) in [6, 6.07) is 2.31. The molecule has 0 saturated carbocycles. The van der Waals surface area contributed by atoms with E-state index in [2.05, 4.69) is 18.7 Å². The molecule has 0 aliphatic carbocycles.